The number of nitrogens with zero attached hydrogens (tertiary/aromatic N) is 2. The van der Waals surface area contributed by atoms with Gasteiger partial charge in [0.25, 0.3) is 0 Å². The van der Waals surface area contributed by atoms with Crippen molar-refractivity contribution in [3.63, 3.8) is 0 Å². The van der Waals surface area contributed by atoms with Gasteiger partial charge in [0.2, 0.25) is 0 Å². The molecule has 1 fully saturated rings. The van der Waals surface area contributed by atoms with E-state index in [2.05, 4.69) is 35.0 Å². The zero-order valence-electron chi connectivity index (χ0n) is 10.7. The number of aromatic nitrogens is 1. The zero-order chi connectivity index (χ0) is 12.5. The van der Waals surface area contributed by atoms with Crippen LogP contribution in [0.25, 0.3) is 10.2 Å². The lowest BCUT2D eigenvalue weighted by atomic mass is 10.1. The van der Waals surface area contributed by atoms with Crippen LogP contribution in [-0.2, 0) is 6.54 Å². The summed E-state index contributed by atoms with van der Waals surface area (Å²) in [5, 5.41) is 0.661. The van der Waals surface area contributed by atoms with Crippen molar-refractivity contribution in [3.05, 3.63) is 23.8 Å². The van der Waals surface area contributed by atoms with Gasteiger partial charge in [0.15, 0.2) is 5.13 Å². The van der Waals surface area contributed by atoms with Gasteiger partial charge in [-0.05, 0) is 36.6 Å². The number of likely N-dealkylation sites (tertiary alicyclic amines) is 1. The molecule has 0 radical (unpaired) electrons. The summed E-state index contributed by atoms with van der Waals surface area (Å²) in [5.74, 6) is 0.896. The molecule has 1 saturated heterocycles. The summed E-state index contributed by atoms with van der Waals surface area (Å²) in [6.07, 6.45) is 2.66. The minimum atomic E-state index is 0.661. The van der Waals surface area contributed by atoms with Gasteiger partial charge in [-0.15, -0.1) is 0 Å². The Bertz CT molecular complexity index is 549. The molecule has 1 aliphatic rings. The van der Waals surface area contributed by atoms with E-state index in [1.54, 1.807) is 11.3 Å². The first-order valence-corrected chi connectivity index (χ1v) is 7.43. The van der Waals surface area contributed by atoms with Crippen molar-refractivity contribution < 1.29 is 0 Å². The second-order valence-electron chi connectivity index (χ2n) is 5.15. The molecule has 96 valence electrons. The molecule has 3 rings (SSSR count). The molecule has 2 heterocycles. The van der Waals surface area contributed by atoms with Crippen molar-refractivity contribution in [1.29, 1.82) is 0 Å². The summed E-state index contributed by atoms with van der Waals surface area (Å²) < 4.78 is 1.20. The summed E-state index contributed by atoms with van der Waals surface area (Å²) >= 11 is 1.58. The maximum Gasteiger partial charge on any atom is 0.181 e. The summed E-state index contributed by atoms with van der Waals surface area (Å²) in [6.45, 7) is 5.84. The van der Waals surface area contributed by atoms with Crippen LogP contribution in [0.1, 0.15) is 25.3 Å². The molecule has 18 heavy (non-hydrogen) atoms. The molecule has 0 saturated carbocycles. The normalized spacial score (nSPS) is 20.8. The Morgan fingerprint density at radius 1 is 1.50 bits per heavy atom. The first kappa shape index (κ1) is 11.9. The predicted molar refractivity (Wildman–Crippen MR) is 77.7 cm³/mol. The van der Waals surface area contributed by atoms with Gasteiger partial charge in [-0.3, -0.25) is 4.90 Å². The molecule has 2 aromatic rings. The lowest BCUT2D eigenvalue weighted by molar-refractivity contribution is 0.315. The van der Waals surface area contributed by atoms with Gasteiger partial charge in [-0.25, -0.2) is 4.98 Å². The van der Waals surface area contributed by atoms with Crippen LogP contribution in [0.3, 0.4) is 0 Å². The van der Waals surface area contributed by atoms with E-state index in [0.717, 1.165) is 18.0 Å². The first-order chi connectivity index (χ1) is 8.74. The van der Waals surface area contributed by atoms with Gasteiger partial charge in [-0.1, -0.05) is 30.7 Å². The average molecular weight is 261 g/mol. The minimum absolute atomic E-state index is 0.661. The standard InChI is InChI=1S/C14H19N3S/c1-2-10-5-6-17(8-10)9-11-3-4-12-13(7-11)18-14(15)16-12/h3-4,7,10H,2,5-6,8-9H2,1H3,(H2,15,16). The maximum absolute atomic E-state index is 5.74. The second kappa shape index (κ2) is 4.86. The molecule has 0 bridgehead atoms. The molecule has 0 spiro atoms. The van der Waals surface area contributed by atoms with Crippen LogP contribution in [-0.4, -0.2) is 23.0 Å². The molecular formula is C14H19N3S. The van der Waals surface area contributed by atoms with Crippen LogP contribution in [0.4, 0.5) is 5.13 Å². The van der Waals surface area contributed by atoms with E-state index in [0.29, 0.717) is 5.13 Å². The fraction of sp³-hybridized carbons (Fsp3) is 0.500. The first-order valence-electron chi connectivity index (χ1n) is 6.62. The van der Waals surface area contributed by atoms with E-state index in [-0.39, 0.29) is 0 Å². The van der Waals surface area contributed by atoms with Crippen LogP contribution in [0.5, 0.6) is 0 Å². The van der Waals surface area contributed by atoms with Gasteiger partial charge in [-0.2, -0.15) is 0 Å². The second-order valence-corrected chi connectivity index (χ2v) is 6.21. The predicted octanol–water partition coefficient (Wildman–Crippen LogP) is 3.11. The van der Waals surface area contributed by atoms with Gasteiger partial charge in [0.05, 0.1) is 10.2 Å². The number of fused-ring (bicyclic) bond motifs is 1. The van der Waals surface area contributed by atoms with E-state index in [4.69, 9.17) is 5.73 Å². The van der Waals surface area contributed by atoms with Gasteiger partial charge in [0.1, 0.15) is 0 Å². The highest BCUT2D eigenvalue weighted by molar-refractivity contribution is 7.22. The van der Waals surface area contributed by atoms with E-state index in [1.807, 2.05) is 0 Å². The molecule has 4 heteroatoms. The fourth-order valence-corrected chi connectivity index (χ4v) is 3.53. The smallest absolute Gasteiger partial charge is 0.181 e. The molecular weight excluding hydrogens is 242 g/mol. The zero-order valence-corrected chi connectivity index (χ0v) is 11.5. The summed E-state index contributed by atoms with van der Waals surface area (Å²) in [7, 11) is 0. The highest BCUT2D eigenvalue weighted by Gasteiger charge is 2.20. The minimum Gasteiger partial charge on any atom is -0.375 e. The Hall–Kier alpha value is -1.13. The molecule has 1 aromatic heterocycles. The van der Waals surface area contributed by atoms with Crippen molar-refractivity contribution in [2.45, 2.75) is 26.3 Å². The number of nitrogens with two attached hydrogens (primary N) is 1. The summed E-state index contributed by atoms with van der Waals surface area (Å²) in [6, 6.07) is 6.51. The van der Waals surface area contributed by atoms with Crippen molar-refractivity contribution in [2.24, 2.45) is 5.92 Å². The quantitative estimate of drug-likeness (QED) is 0.923. The van der Waals surface area contributed by atoms with E-state index < -0.39 is 0 Å². The lowest BCUT2D eigenvalue weighted by Crippen LogP contribution is -2.19. The Balaban J connectivity index is 1.74. The van der Waals surface area contributed by atoms with Crippen LogP contribution >= 0.6 is 11.3 Å². The number of hydrogen-bond donors (Lipinski definition) is 1. The van der Waals surface area contributed by atoms with Gasteiger partial charge in [0, 0.05) is 13.1 Å². The van der Waals surface area contributed by atoms with Gasteiger partial charge < -0.3 is 5.73 Å². The molecule has 1 aromatic carbocycles. The van der Waals surface area contributed by atoms with Crippen LogP contribution in [0.15, 0.2) is 18.2 Å². The van der Waals surface area contributed by atoms with Crippen molar-refractivity contribution in [1.82, 2.24) is 9.88 Å². The number of hydrogen-bond acceptors (Lipinski definition) is 4. The van der Waals surface area contributed by atoms with Crippen LogP contribution < -0.4 is 5.73 Å². The number of thiazole rings is 1. The lowest BCUT2D eigenvalue weighted by Gasteiger charge is -2.15. The number of anilines is 1. The third-order valence-corrected chi connectivity index (χ3v) is 4.67. The Labute approximate surface area is 112 Å². The molecule has 0 amide bonds. The van der Waals surface area contributed by atoms with E-state index in [9.17, 15) is 0 Å². The monoisotopic (exact) mass is 261 g/mol. The molecule has 0 aliphatic carbocycles. The number of nitrogen functional groups attached to an aromatic ring is 1. The largest absolute Gasteiger partial charge is 0.375 e. The maximum atomic E-state index is 5.74. The van der Waals surface area contributed by atoms with E-state index in [1.165, 1.54) is 36.2 Å². The molecule has 3 nitrogen and oxygen atoms in total. The average Bonchev–Trinajstić information content (AvgIpc) is 2.94. The highest BCUT2D eigenvalue weighted by atomic mass is 32.1. The molecule has 1 aliphatic heterocycles. The summed E-state index contributed by atoms with van der Waals surface area (Å²) in [5.41, 5.74) is 8.14. The molecule has 1 atom stereocenters. The SMILES string of the molecule is CCC1CCN(Cc2ccc3nc(N)sc3c2)C1. The van der Waals surface area contributed by atoms with Gasteiger partial charge >= 0.3 is 0 Å². The third-order valence-electron chi connectivity index (χ3n) is 3.82. The third kappa shape index (κ3) is 2.35. The fourth-order valence-electron chi connectivity index (χ4n) is 2.73. The van der Waals surface area contributed by atoms with Crippen molar-refractivity contribution >= 4 is 26.7 Å². The Morgan fingerprint density at radius 3 is 3.17 bits per heavy atom. The topological polar surface area (TPSA) is 42.2 Å². The summed E-state index contributed by atoms with van der Waals surface area (Å²) in [4.78, 5) is 6.85. The highest BCUT2D eigenvalue weighted by Crippen LogP contribution is 2.26. The Morgan fingerprint density at radius 2 is 2.39 bits per heavy atom. The van der Waals surface area contributed by atoms with Crippen molar-refractivity contribution in [2.75, 3.05) is 18.8 Å². The number of benzene rings is 1. The molecule has 2 N–H and O–H groups in total. The van der Waals surface area contributed by atoms with Crippen LogP contribution in [0, 0.1) is 5.92 Å². The Kier molecular flexibility index (Phi) is 3.22. The number of rotatable bonds is 3. The molecule has 1 unspecified atom stereocenters. The van der Waals surface area contributed by atoms with E-state index >= 15 is 0 Å². The van der Waals surface area contributed by atoms with Crippen molar-refractivity contribution in [3.8, 4) is 0 Å². The van der Waals surface area contributed by atoms with Crippen LogP contribution in [0.2, 0.25) is 0 Å².